The molecule has 0 aromatic carbocycles. The molecule has 45 heavy (non-hydrogen) atoms. The molecule has 0 aromatic heterocycles. The zero-order valence-corrected chi connectivity index (χ0v) is 24.0. The monoisotopic (exact) mass is 664 g/mol. The van der Waals surface area contributed by atoms with E-state index in [-0.39, 0.29) is 0 Å². The number of hydrogen-bond donors (Lipinski definition) is 13. The Labute approximate surface area is 256 Å². The van der Waals surface area contributed by atoms with Gasteiger partial charge < -0.3 is 99.5 Å². The molecule has 9 unspecified atom stereocenters. The number of aliphatic hydroxyl groups is 13. The van der Waals surface area contributed by atoms with Gasteiger partial charge in [-0.25, -0.2) is 0 Å². The van der Waals surface area contributed by atoms with Crippen LogP contribution in [0.2, 0.25) is 0 Å². The highest BCUT2D eigenvalue weighted by atomic mass is 16.8. The van der Waals surface area contributed by atoms with E-state index in [1.54, 1.807) is 0 Å². The lowest BCUT2D eigenvalue weighted by molar-refractivity contribution is -0.384. The summed E-state index contributed by atoms with van der Waals surface area (Å²) < 4.78 is 38.6. The Morgan fingerprint density at radius 1 is 0.400 bits per heavy atom. The summed E-state index contributed by atoms with van der Waals surface area (Å²) in [5.41, 5.74) is 0. The van der Waals surface area contributed by atoms with E-state index in [0.29, 0.717) is 0 Å². The maximum absolute atomic E-state index is 11.1. The van der Waals surface area contributed by atoms with Crippen LogP contribution in [0, 0.1) is 5.92 Å². The summed E-state index contributed by atoms with van der Waals surface area (Å²) in [5.74, 6) is -1.05. The van der Waals surface area contributed by atoms with E-state index in [9.17, 15) is 66.4 Å². The number of hydrogen-bond acceptors (Lipinski definition) is 20. The minimum absolute atomic E-state index is 0.741. The third-order valence-corrected chi connectivity index (χ3v) is 8.54. The number of ether oxygens (including phenoxy) is 7. The zero-order valence-electron chi connectivity index (χ0n) is 24.0. The van der Waals surface area contributed by atoms with Crippen LogP contribution < -0.4 is 0 Å². The van der Waals surface area contributed by atoms with Gasteiger partial charge in [-0.1, -0.05) is 6.92 Å². The topological polar surface area (TPSA) is 328 Å². The predicted molar refractivity (Wildman–Crippen MR) is 137 cm³/mol. The molecule has 4 saturated heterocycles. The van der Waals surface area contributed by atoms with Crippen molar-refractivity contribution in [3.63, 3.8) is 0 Å². The van der Waals surface area contributed by atoms with Gasteiger partial charge in [0.05, 0.1) is 32.5 Å². The van der Waals surface area contributed by atoms with Gasteiger partial charge in [-0.05, 0) is 0 Å². The summed E-state index contributed by atoms with van der Waals surface area (Å²) in [5, 5.41) is 133. The summed E-state index contributed by atoms with van der Waals surface area (Å²) in [7, 11) is 0. The molecular weight excluding hydrogens is 620 g/mol. The standard InChI is InChI=1S/C25H44O20/c1-6-11(30)19(43-24-17(36)14(33)12(31)7(2-26)40-24)10(5-29)42-23(6)45-21-13(32)8(3-27)41-25(18(21)37)44-20-9(4-28)39-22(38)16(35)15(20)34/h6-38H,2-5H2,1H3/t6-,7?,8?,9?,10?,11?,12-,13-,14?,15?,16-,17-,18-,19+,20+,21?,22?,23-,24-,25-/m0/s1. The van der Waals surface area contributed by atoms with Crippen molar-refractivity contribution in [2.45, 2.75) is 124 Å². The molecule has 264 valence electrons. The van der Waals surface area contributed by atoms with Gasteiger partial charge >= 0.3 is 0 Å². The Hall–Kier alpha value is -0.800. The fourth-order valence-corrected chi connectivity index (χ4v) is 5.73. The Bertz CT molecular complexity index is 912. The normalized spacial score (nSPS) is 52.9. The lowest BCUT2D eigenvalue weighted by atomic mass is 9.91. The van der Waals surface area contributed by atoms with Crippen LogP contribution in [-0.2, 0) is 33.2 Å². The quantitative estimate of drug-likeness (QED) is 0.103. The minimum Gasteiger partial charge on any atom is -0.394 e. The van der Waals surface area contributed by atoms with Gasteiger partial charge in [0.25, 0.3) is 0 Å². The molecular formula is C25H44O20. The zero-order chi connectivity index (χ0) is 33.3. The van der Waals surface area contributed by atoms with Crippen molar-refractivity contribution in [1.82, 2.24) is 0 Å². The highest BCUT2D eigenvalue weighted by Crippen LogP contribution is 2.36. The van der Waals surface area contributed by atoms with E-state index < -0.39 is 149 Å². The molecule has 0 bridgehead atoms. The van der Waals surface area contributed by atoms with Crippen LogP contribution in [0.1, 0.15) is 6.92 Å². The van der Waals surface area contributed by atoms with Gasteiger partial charge in [0.2, 0.25) is 0 Å². The lowest BCUT2D eigenvalue weighted by Crippen LogP contribution is -2.66. The number of aliphatic hydroxyl groups excluding tert-OH is 13. The van der Waals surface area contributed by atoms with E-state index >= 15 is 0 Å². The van der Waals surface area contributed by atoms with Crippen LogP contribution in [0.3, 0.4) is 0 Å². The van der Waals surface area contributed by atoms with Gasteiger partial charge in [-0.2, -0.15) is 0 Å². The first-order valence-electron chi connectivity index (χ1n) is 14.4. The van der Waals surface area contributed by atoms with Crippen molar-refractivity contribution in [1.29, 1.82) is 0 Å². The van der Waals surface area contributed by atoms with E-state index in [4.69, 9.17) is 33.2 Å². The Morgan fingerprint density at radius 2 is 0.844 bits per heavy atom. The van der Waals surface area contributed by atoms with Crippen LogP contribution in [0.5, 0.6) is 0 Å². The second-order valence-corrected chi connectivity index (χ2v) is 11.5. The van der Waals surface area contributed by atoms with Crippen LogP contribution in [0.4, 0.5) is 0 Å². The highest BCUT2D eigenvalue weighted by molar-refractivity contribution is 4.97. The van der Waals surface area contributed by atoms with Crippen LogP contribution in [0.15, 0.2) is 0 Å². The summed E-state index contributed by atoms with van der Waals surface area (Å²) in [6.07, 6.45) is -31.2. The molecule has 0 radical (unpaired) electrons. The van der Waals surface area contributed by atoms with E-state index in [1.165, 1.54) is 6.92 Å². The summed E-state index contributed by atoms with van der Waals surface area (Å²) in [6, 6.07) is 0. The largest absolute Gasteiger partial charge is 0.394 e. The first kappa shape index (κ1) is 37.0. The van der Waals surface area contributed by atoms with Crippen molar-refractivity contribution in [2.75, 3.05) is 26.4 Å². The fraction of sp³-hybridized carbons (Fsp3) is 1.00. The summed E-state index contributed by atoms with van der Waals surface area (Å²) >= 11 is 0. The van der Waals surface area contributed by atoms with E-state index in [0.717, 1.165) is 0 Å². The molecule has 0 spiro atoms. The molecule has 13 N–H and O–H groups in total. The second-order valence-electron chi connectivity index (χ2n) is 11.5. The molecule has 0 aliphatic carbocycles. The summed E-state index contributed by atoms with van der Waals surface area (Å²) in [4.78, 5) is 0. The minimum atomic E-state index is -1.90. The van der Waals surface area contributed by atoms with Gasteiger partial charge in [-0.3, -0.25) is 0 Å². The van der Waals surface area contributed by atoms with E-state index in [2.05, 4.69) is 0 Å². The third kappa shape index (κ3) is 7.45. The van der Waals surface area contributed by atoms with Crippen LogP contribution >= 0.6 is 0 Å². The first-order chi connectivity index (χ1) is 21.3. The molecule has 20 heteroatoms. The van der Waals surface area contributed by atoms with Crippen molar-refractivity contribution < 1.29 is 99.5 Å². The SMILES string of the molecule is C[C@H]1C(O)[C@H](O[C@@H]2OC(CO)[C@H](O)C(O)[C@@H]2O)C(CO)O[C@H]1OC1[C@@H](O)C(CO)O[C@@H](O[C@@H]2C(CO)OC(O)[C@@H](O)C2O)[C@H]1O. The average Bonchev–Trinajstić information content (AvgIpc) is 3.03. The molecule has 0 amide bonds. The molecule has 20 nitrogen and oxygen atoms in total. The smallest absolute Gasteiger partial charge is 0.187 e. The maximum Gasteiger partial charge on any atom is 0.187 e. The van der Waals surface area contributed by atoms with Gasteiger partial charge in [-0.15, -0.1) is 0 Å². The average molecular weight is 665 g/mol. The van der Waals surface area contributed by atoms with Gasteiger partial charge in [0.1, 0.15) is 85.5 Å². The van der Waals surface area contributed by atoms with Crippen LogP contribution in [-0.4, -0.2) is 210 Å². The highest BCUT2D eigenvalue weighted by Gasteiger charge is 2.54. The Balaban J connectivity index is 1.48. The van der Waals surface area contributed by atoms with Crippen molar-refractivity contribution in [2.24, 2.45) is 5.92 Å². The van der Waals surface area contributed by atoms with E-state index in [1.807, 2.05) is 0 Å². The van der Waals surface area contributed by atoms with Crippen molar-refractivity contribution in [3.05, 3.63) is 0 Å². The molecule has 0 saturated carbocycles. The predicted octanol–water partition coefficient (Wildman–Crippen LogP) is -8.47. The fourth-order valence-electron chi connectivity index (χ4n) is 5.73. The molecule has 0 aromatic rings. The van der Waals surface area contributed by atoms with Gasteiger partial charge in [0, 0.05) is 5.92 Å². The Kier molecular flexibility index (Phi) is 12.8. The lowest BCUT2D eigenvalue weighted by Gasteiger charge is -2.49. The molecule has 4 aliphatic heterocycles. The Morgan fingerprint density at radius 3 is 1.40 bits per heavy atom. The second kappa shape index (κ2) is 15.6. The molecule has 20 atom stereocenters. The summed E-state index contributed by atoms with van der Waals surface area (Å²) in [6.45, 7) is -1.74. The first-order valence-corrected chi connectivity index (χ1v) is 14.4. The number of rotatable bonds is 10. The van der Waals surface area contributed by atoms with Crippen LogP contribution in [0.25, 0.3) is 0 Å². The molecule has 4 aliphatic rings. The van der Waals surface area contributed by atoms with Crippen molar-refractivity contribution in [3.8, 4) is 0 Å². The third-order valence-electron chi connectivity index (χ3n) is 8.54. The van der Waals surface area contributed by atoms with Gasteiger partial charge in [0.15, 0.2) is 25.2 Å². The molecule has 4 rings (SSSR count). The molecule has 4 fully saturated rings. The molecule has 4 heterocycles. The maximum atomic E-state index is 11.1. The van der Waals surface area contributed by atoms with Crippen molar-refractivity contribution >= 4 is 0 Å².